The van der Waals surface area contributed by atoms with E-state index in [0.29, 0.717) is 28.8 Å². The lowest BCUT2D eigenvalue weighted by atomic mass is 10.2. The molecule has 4 rings (SSSR count). The molecule has 0 bridgehead atoms. The van der Waals surface area contributed by atoms with Gasteiger partial charge in [-0.2, -0.15) is 5.10 Å². The molecule has 0 aliphatic heterocycles. The van der Waals surface area contributed by atoms with Gasteiger partial charge < -0.3 is 10.3 Å². The van der Waals surface area contributed by atoms with Gasteiger partial charge in [-0.05, 0) is 42.8 Å². The number of aryl methyl sites for hydroxylation is 1. The third kappa shape index (κ3) is 3.74. The van der Waals surface area contributed by atoms with Crippen LogP contribution in [-0.4, -0.2) is 25.7 Å². The molecular formula is C20H15ClFN5O2. The van der Waals surface area contributed by atoms with Gasteiger partial charge in [-0.3, -0.25) is 9.59 Å². The molecule has 9 heteroatoms. The second-order valence-electron chi connectivity index (χ2n) is 6.45. The van der Waals surface area contributed by atoms with Gasteiger partial charge in [-0.25, -0.2) is 14.1 Å². The number of aromatic amines is 1. The Morgan fingerprint density at radius 1 is 1.24 bits per heavy atom. The molecule has 2 aromatic heterocycles. The van der Waals surface area contributed by atoms with Crippen LogP contribution in [0.25, 0.3) is 10.9 Å². The minimum absolute atomic E-state index is 0.171. The summed E-state index contributed by atoms with van der Waals surface area (Å²) in [6.45, 7) is 1.97. The predicted molar refractivity (Wildman–Crippen MR) is 108 cm³/mol. The van der Waals surface area contributed by atoms with Crippen molar-refractivity contribution in [1.29, 1.82) is 0 Å². The Bertz CT molecular complexity index is 1280. The van der Waals surface area contributed by atoms with Crippen LogP contribution in [0.2, 0.25) is 5.15 Å². The van der Waals surface area contributed by atoms with Gasteiger partial charge in [0.25, 0.3) is 11.5 Å². The molecule has 0 saturated heterocycles. The van der Waals surface area contributed by atoms with E-state index in [1.54, 1.807) is 37.3 Å². The Morgan fingerprint density at radius 2 is 2.00 bits per heavy atom. The molecule has 2 aromatic carbocycles. The molecule has 0 atom stereocenters. The normalized spacial score (nSPS) is 11.0. The summed E-state index contributed by atoms with van der Waals surface area (Å²) >= 11 is 6.39. The quantitative estimate of drug-likeness (QED) is 0.537. The first-order valence-electron chi connectivity index (χ1n) is 8.68. The van der Waals surface area contributed by atoms with Gasteiger partial charge in [-0.1, -0.05) is 23.7 Å². The zero-order chi connectivity index (χ0) is 20.5. The average molecular weight is 412 g/mol. The van der Waals surface area contributed by atoms with E-state index in [4.69, 9.17) is 11.6 Å². The van der Waals surface area contributed by atoms with Gasteiger partial charge in [0.05, 0.1) is 35.0 Å². The van der Waals surface area contributed by atoms with Crippen molar-refractivity contribution in [3.63, 3.8) is 0 Å². The predicted octanol–water partition coefficient (Wildman–Crippen LogP) is 3.52. The Labute approximate surface area is 169 Å². The third-order valence-corrected chi connectivity index (χ3v) is 4.82. The second-order valence-corrected chi connectivity index (χ2v) is 6.81. The number of carbonyl (C=O) groups is 1. The van der Waals surface area contributed by atoms with Gasteiger partial charge in [-0.15, -0.1) is 0 Å². The van der Waals surface area contributed by atoms with Crippen LogP contribution in [0.3, 0.4) is 0 Å². The molecule has 0 saturated carbocycles. The van der Waals surface area contributed by atoms with E-state index in [-0.39, 0.29) is 22.1 Å². The summed E-state index contributed by atoms with van der Waals surface area (Å²) in [4.78, 5) is 31.3. The number of H-pyrrole nitrogens is 1. The van der Waals surface area contributed by atoms with Crippen molar-refractivity contribution < 1.29 is 9.18 Å². The third-order valence-electron chi connectivity index (χ3n) is 4.44. The minimum Gasteiger partial charge on any atom is -0.322 e. The summed E-state index contributed by atoms with van der Waals surface area (Å²) in [5.41, 5.74) is 2.14. The van der Waals surface area contributed by atoms with E-state index < -0.39 is 5.91 Å². The molecule has 0 radical (unpaired) electrons. The number of amides is 1. The number of hydrogen-bond donors (Lipinski definition) is 2. The van der Waals surface area contributed by atoms with Crippen molar-refractivity contribution in [1.82, 2.24) is 19.7 Å². The highest BCUT2D eigenvalue weighted by Gasteiger charge is 2.21. The zero-order valence-electron chi connectivity index (χ0n) is 15.2. The number of carbonyl (C=O) groups excluding carboxylic acids is 1. The monoisotopic (exact) mass is 411 g/mol. The van der Waals surface area contributed by atoms with Gasteiger partial charge in [0.2, 0.25) is 0 Å². The molecule has 146 valence electrons. The van der Waals surface area contributed by atoms with E-state index in [9.17, 15) is 14.0 Å². The average Bonchev–Trinajstić information content (AvgIpc) is 2.97. The highest BCUT2D eigenvalue weighted by Crippen LogP contribution is 2.23. The van der Waals surface area contributed by atoms with Crippen LogP contribution in [0.4, 0.5) is 10.1 Å². The topological polar surface area (TPSA) is 92.7 Å². The van der Waals surface area contributed by atoms with E-state index in [2.05, 4.69) is 20.4 Å². The fourth-order valence-corrected chi connectivity index (χ4v) is 3.34. The Balaban J connectivity index is 1.60. The SMILES string of the molecule is Cc1nn(Cc2ccc(F)cc2)c(Cl)c1C(=O)Nc1ccc2nc[nH]c(=O)c2c1. The summed E-state index contributed by atoms with van der Waals surface area (Å²) in [6, 6.07) is 10.8. The first-order chi connectivity index (χ1) is 13.9. The molecule has 7 nitrogen and oxygen atoms in total. The van der Waals surface area contributed by atoms with E-state index in [0.717, 1.165) is 5.56 Å². The van der Waals surface area contributed by atoms with Gasteiger partial charge in [0, 0.05) is 5.69 Å². The molecule has 0 aliphatic rings. The lowest BCUT2D eigenvalue weighted by Gasteiger charge is -2.07. The lowest BCUT2D eigenvalue weighted by molar-refractivity contribution is 0.102. The lowest BCUT2D eigenvalue weighted by Crippen LogP contribution is -2.14. The number of rotatable bonds is 4. The van der Waals surface area contributed by atoms with Crippen LogP contribution in [-0.2, 0) is 6.54 Å². The summed E-state index contributed by atoms with van der Waals surface area (Å²) in [5, 5.41) is 7.59. The van der Waals surface area contributed by atoms with E-state index in [1.165, 1.54) is 23.1 Å². The van der Waals surface area contributed by atoms with Crippen molar-refractivity contribution in [3.8, 4) is 0 Å². The molecule has 1 amide bonds. The molecule has 0 fully saturated rings. The van der Waals surface area contributed by atoms with E-state index >= 15 is 0 Å². The maximum absolute atomic E-state index is 13.1. The number of anilines is 1. The maximum atomic E-state index is 13.1. The molecule has 0 unspecified atom stereocenters. The molecule has 4 aromatic rings. The number of benzene rings is 2. The Hall–Kier alpha value is -3.52. The Morgan fingerprint density at radius 3 is 2.76 bits per heavy atom. The number of aromatic nitrogens is 4. The first kappa shape index (κ1) is 18.8. The Kier molecular flexibility index (Phi) is 4.85. The van der Waals surface area contributed by atoms with Gasteiger partial charge in [0.15, 0.2) is 0 Å². The largest absolute Gasteiger partial charge is 0.322 e. The van der Waals surface area contributed by atoms with Crippen LogP contribution in [0.15, 0.2) is 53.6 Å². The molecule has 29 heavy (non-hydrogen) atoms. The van der Waals surface area contributed by atoms with Crippen molar-refractivity contribution in [3.05, 3.63) is 86.9 Å². The number of nitrogens with zero attached hydrogens (tertiary/aromatic N) is 3. The minimum atomic E-state index is -0.447. The van der Waals surface area contributed by atoms with Gasteiger partial charge >= 0.3 is 0 Å². The second kappa shape index (κ2) is 7.48. The maximum Gasteiger partial charge on any atom is 0.260 e. The van der Waals surface area contributed by atoms with Gasteiger partial charge in [0.1, 0.15) is 11.0 Å². The van der Waals surface area contributed by atoms with E-state index in [1.807, 2.05) is 0 Å². The van der Waals surface area contributed by atoms with Crippen molar-refractivity contribution in [2.45, 2.75) is 13.5 Å². The summed E-state index contributed by atoms with van der Waals surface area (Å²) < 4.78 is 14.6. The number of hydrogen-bond acceptors (Lipinski definition) is 4. The summed E-state index contributed by atoms with van der Waals surface area (Å²) in [7, 11) is 0. The summed E-state index contributed by atoms with van der Waals surface area (Å²) in [5.74, 6) is -0.779. The molecule has 2 N–H and O–H groups in total. The van der Waals surface area contributed by atoms with Crippen LogP contribution in [0, 0.1) is 12.7 Å². The highest BCUT2D eigenvalue weighted by molar-refractivity contribution is 6.33. The smallest absolute Gasteiger partial charge is 0.260 e. The zero-order valence-corrected chi connectivity index (χ0v) is 16.0. The van der Waals surface area contributed by atoms with Crippen LogP contribution in [0.5, 0.6) is 0 Å². The van der Waals surface area contributed by atoms with Crippen molar-refractivity contribution in [2.24, 2.45) is 0 Å². The molecule has 0 aliphatic carbocycles. The summed E-state index contributed by atoms with van der Waals surface area (Å²) in [6.07, 6.45) is 1.32. The first-order valence-corrected chi connectivity index (χ1v) is 9.06. The standard InChI is InChI=1S/C20H15ClFN5O2/c1-11-17(18(21)27(26-11)9-12-2-4-13(22)5-3-12)20(29)25-14-6-7-16-15(8-14)19(28)24-10-23-16/h2-8,10H,9H2,1H3,(H,25,29)(H,23,24,28). The molecule has 2 heterocycles. The fraction of sp³-hybridized carbons (Fsp3) is 0.100. The van der Waals surface area contributed by atoms with Crippen LogP contribution >= 0.6 is 11.6 Å². The van der Waals surface area contributed by atoms with Crippen LogP contribution in [0.1, 0.15) is 21.6 Å². The van der Waals surface area contributed by atoms with Crippen molar-refractivity contribution >= 4 is 34.1 Å². The molecule has 0 spiro atoms. The number of fused-ring (bicyclic) bond motifs is 1. The fourth-order valence-electron chi connectivity index (χ4n) is 3.02. The molecular weight excluding hydrogens is 397 g/mol. The van der Waals surface area contributed by atoms with Crippen LogP contribution < -0.4 is 10.9 Å². The number of halogens is 2. The number of nitrogens with one attached hydrogen (secondary N) is 2. The highest BCUT2D eigenvalue weighted by atomic mass is 35.5. The van der Waals surface area contributed by atoms with Crippen molar-refractivity contribution in [2.75, 3.05) is 5.32 Å².